The smallest absolute Gasteiger partial charge is 0.303 e. The van der Waals surface area contributed by atoms with E-state index in [2.05, 4.69) is 88.1 Å². The predicted octanol–water partition coefficient (Wildman–Crippen LogP) is 10.8. The summed E-state index contributed by atoms with van der Waals surface area (Å²) in [6.45, 7) is 11.1. The summed E-state index contributed by atoms with van der Waals surface area (Å²) in [6.07, 6.45) is 40.3. The number of carbonyl (C=O) groups is 1. The third-order valence-electron chi connectivity index (χ3n) is 11.7. The molecule has 0 heterocycles. The quantitative estimate of drug-likeness (QED) is 0.0848. The van der Waals surface area contributed by atoms with Crippen molar-refractivity contribution in [1.82, 2.24) is 0 Å². The van der Waals surface area contributed by atoms with Crippen molar-refractivity contribution in [2.45, 2.75) is 161 Å². The van der Waals surface area contributed by atoms with Crippen LogP contribution in [0.3, 0.4) is 0 Å². The molecule has 4 rings (SSSR count). The van der Waals surface area contributed by atoms with Crippen molar-refractivity contribution in [3.8, 4) is 0 Å². The third-order valence-corrected chi connectivity index (χ3v) is 11.7. The van der Waals surface area contributed by atoms with Crippen LogP contribution < -0.4 is 0 Å². The van der Waals surface area contributed by atoms with E-state index in [4.69, 9.17) is 5.11 Å². The van der Waals surface area contributed by atoms with Gasteiger partial charge in [0, 0.05) is 12.8 Å². The van der Waals surface area contributed by atoms with Crippen LogP contribution >= 0.6 is 0 Å². The summed E-state index contributed by atoms with van der Waals surface area (Å²) >= 11 is 0. The van der Waals surface area contributed by atoms with Crippen molar-refractivity contribution in [3.05, 3.63) is 84.1 Å². The Labute approximate surface area is 304 Å². The Hall–Kier alpha value is -2.47. The molecule has 0 aromatic rings. The predicted molar refractivity (Wildman–Crippen MR) is 209 cm³/mol. The zero-order chi connectivity index (χ0) is 36.4. The second-order valence-electron chi connectivity index (χ2n) is 15.8. The summed E-state index contributed by atoms with van der Waals surface area (Å²) in [7, 11) is 0. The van der Waals surface area contributed by atoms with Crippen LogP contribution in [0.1, 0.15) is 143 Å². The Balaban J connectivity index is 0.000000297. The van der Waals surface area contributed by atoms with Gasteiger partial charge in [0.2, 0.25) is 0 Å². The van der Waals surface area contributed by atoms with E-state index in [9.17, 15) is 20.1 Å². The summed E-state index contributed by atoms with van der Waals surface area (Å²) in [5.41, 5.74) is 3.63. The second kappa shape index (κ2) is 22.5. The lowest BCUT2D eigenvalue weighted by Gasteiger charge is -2.44. The van der Waals surface area contributed by atoms with Crippen molar-refractivity contribution >= 4 is 5.97 Å². The molecule has 4 N–H and O–H groups in total. The maximum Gasteiger partial charge on any atom is 0.303 e. The molecule has 0 bridgehead atoms. The Bertz CT molecular complexity index is 1220. The van der Waals surface area contributed by atoms with E-state index in [0.29, 0.717) is 48.3 Å². The molecule has 0 aromatic carbocycles. The molecular weight excluding hydrogens is 620 g/mol. The van der Waals surface area contributed by atoms with E-state index in [0.717, 1.165) is 49.7 Å². The average Bonchev–Trinajstić information content (AvgIpc) is 3.87. The normalized spacial score (nSPS) is 30.1. The largest absolute Gasteiger partial charge is 0.481 e. The van der Waals surface area contributed by atoms with E-state index in [-0.39, 0.29) is 6.10 Å². The highest BCUT2D eigenvalue weighted by Crippen LogP contribution is 2.59. The van der Waals surface area contributed by atoms with E-state index in [1.54, 1.807) is 0 Å². The molecule has 0 amide bonds. The molecule has 0 radical (unpaired) electrons. The number of aliphatic hydroxyl groups is 3. The van der Waals surface area contributed by atoms with E-state index >= 15 is 0 Å². The molecule has 0 unspecified atom stereocenters. The summed E-state index contributed by atoms with van der Waals surface area (Å²) in [5.74, 6) is 1.58. The molecular formula is C45H70O5. The van der Waals surface area contributed by atoms with Crippen LogP contribution in [-0.4, -0.2) is 44.7 Å². The van der Waals surface area contributed by atoms with Crippen LogP contribution in [0.15, 0.2) is 84.1 Å². The standard InChI is InChI=1S/C27H40O3.C18H30O2/c1-17(6-13-25(29)20-8-9-20)23-11-12-24-19(5-4-14-27(23,24)3)7-10-21-15-22(28)16-26(30)18(21)2;1-2-3-4-5-6-7-8-9-10-11-12-13-14-15-16-17-18(19)20/h6-7,10,13,17,20,22-26,28-30H,2,4-5,8-9,11-12,14-16H2,1,3H3;6-7,9-10,12-13H,2-5,8,11,14-17H2,1H3,(H,19,20)/b13-6+,19-7+,21-10-;7-6-,10-9-,13-12-/t17-,22-,23-,24+,25-,26+,27-;/m1./s1. The van der Waals surface area contributed by atoms with Crippen LogP contribution in [0.25, 0.3) is 0 Å². The molecule has 0 aliphatic heterocycles. The van der Waals surface area contributed by atoms with Gasteiger partial charge in [-0.1, -0.05) is 107 Å². The highest BCUT2D eigenvalue weighted by atomic mass is 16.4. The van der Waals surface area contributed by atoms with Crippen LogP contribution in [0.4, 0.5) is 0 Å². The van der Waals surface area contributed by atoms with Crippen molar-refractivity contribution in [1.29, 1.82) is 0 Å². The fourth-order valence-corrected chi connectivity index (χ4v) is 8.45. The fraction of sp³-hybridized carbons (Fsp3) is 0.667. The number of hydrogen-bond acceptors (Lipinski definition) is 4. The maximum atomic E-state index is 10.3. The lowest BCUT2D eigenvalue weighted by Crippen LogP contribution is -2.35. The number of fused-ring (bicyclic) bond motifs is 1. The number of aliphatic hydroxyl groups excluding tert-OH is 3. The zero-order valence-corrected chi connectivity index (χ0v) is 31.7. The summed E-state index contributed by atoms with van der Waals surface area (Å²) in [6, 6.07) is 0. The van der Waals surface area contributed by atoms with Gasteiger partial charge in [-0.2, -0.15) is 0 Å². The Morgan fingerprint density at radius 3 is 2.22 bits per heavy atom. The van der Waals surface area contributed by atoms with Gasteiger partial charge in [-0.3, -0.25) is 4.79 Å². The third kappa shape index (κ3) is 14.3. The highest BCUT2D eigenvalue weighted by Gasteiger charge is 2.50. The average molecular weight is 691 g/mol. The number of carboxylic acids is 1. The molecule has 280 valence electrons. The minimum absolute atomic E-state index is 0.250. The summed E-state index contributed by atoms with van der Waals surface area (Å²) in [4.78, 5) is 10.3. The van der Waals surface area contributed by atoms with E-state index in [1.165, 1.54) is 69.8 Å². The van der Waals surface area contributed by atoms with Crippen molar-refractivity contribution in [2.75, 3.05) is 0 Å². The lowest BCUT2D eigenvalue weighted by molar-refractivity contribution is -0.137. The zero-order valence-electron chi connectivity index (χ0n) is 31.7. The molecule has 5 heteroatoms. The van der Waals surface area contributed by atoms with Gasteiger partial charge in [-0.15, -0.1) is 0 Å². The minimum Gasteiger partial charge on any atom is -0.481 e. The minimum atomic E-state index is -0.695. The maximum absolute atomic E-state index is 10.3. The van der Waals surface area contributed by atoms with E-state index in [1.807, 2.05) is 0 Å². The molecule has 5 nitrogen and oxygen atoms in total. The first-order valence-corrected chi connectivity index (χ1v) is 20.0. The summed E-state index contributed by atoms with van der Waals surface area (Å²) in [5, 5.41) is 38.9. The van der Waals surface area contributed by atoms with Gasteiger partial charge in [0.1, 0.15) is 0 Å². The molecule has 0 spiro atoms. The van der Waals surface area contributed by atoms with Gasteiger partial charge in [-0.05, 0) is 137 Å². The lowest BCUT2D eigenvalue weighted by atomic mass is 9.61. The first kappa shape index (κ1) is 41.9. The van der Waals surface area contributed by atoms with Gasteiger partial charge in [-0.25, -0.2) is 0 Å². The number of hydrogen-bond donors (Lipinski definition) is 4. The number of aliphatic carboxylic acids is 1. The summed E-state index contributed by atoms with van der Waals surface area (Å²) < 4.78 is 0. The van der Waals surface area contributed by atoms with Crippen molar-refractivity contribution in [3.63, 3.8) is 0 Å². The van der Waals surface area contributed by atoms with Gasteiger partial charge < -0.3 is 20.4 Å². The second-order valence-corrected chi connectivity index (χ2v) is 15.8. The number of allylic oxidation sites excluding steroid dienone is 10. The molecule has 4 aliphatic rings. The highest BCUT2D eigenvalue weighted by molar-refractivity contribution is 5.66. The van der Waals surface area contributed by atoms with Crippen LogP contribution in [0.2, 0.25) is 0 Å². The molecule has 4 aliphatic carbocycles. The first-order chi connectivity index (χ1) is 24.1. The fourth-order valence-electron chi connectivity index (χ4n) is 8.45. The molecule has 7 atom stereocenters. The van der Waals surface area contributed by atoms with E-state index < -0.39 is 18.2 Å². The SMILES string of the molecule is C=C1/C(=C\C=C2/CCC[C@]3(C)[C@@H]([C@H](C)/C=C/[C@@H](O)C4CC4)CC[C@@H]23)C[C@@H](O)C[C@@H]1O.CCCCC/C=C\C/C=C\C/C=C\CCCCC(=O)O. The number of rotatable bonds is 18. The Morgan fingerprint density at radius 1 is 0.920 bits per heavy atom. The topological polar surface area (TPSA) is 98.0 Å². The Kier molecular flexibility index (Phi) is 18.8. The Morgan fingerprint density at radius 2 is 1.58 bits per heavy atom. The van der Waals surface area contributed by atoms with Crippen molar-refractivity contribution in [2.24, 2.45) is 29.1 Å². The van der Waals surface area contributed by atoms with Crippen LogP contribution in [0.5, 0.6) is 0 Å². The molecule has 4 saturated carbocycles. The first-order valence-electron chi connectivity index (χ1n) is 20.0. The van der Waals surface area contributed by atoms with Gasteiger partial charge >= 0.3 is 5.97 Å². The van der Waals surface area contributed by atoms with Gasteiger partial charge in [0.25, 0.3) is 0 Å². The molecule has 50 heavy (non-hydrogen) atoms. The van der Waals surface area contributed by atoms with Crippen LogP contribution in [0, 0.1) is 29.1 Å². The van der Waals surface area contributed by atoms with Gasteiger partial charge in [0.15, 0.2) is 0 Å². The number of carboxylic acid groups (broad SMARTS) is 1. The van der Waals surface area contributed by atoms with Crippen LogP contribution in [-0.2, 0) is 4.79 Å². The van der Waals surface area contributed by atoms with Crippen molar-refractivity contribution < 1.29 is 25.2 Å². The molecule has 0 aromatic heterocycles. The monoisotopic (exact) mass is 691 g/mol. The molecule has 0 saturated heterocycles. The number of unbranched alkanes of at least 4 members (excludes halogenated alkanes) is 5. The molecule has 4 fully saturated rings. The van der Waals surface area contributed by atoms with Gasteiger partial charge in [0.05, 0.1) is 18.3 Å².